The van der Waals surface area contributed by atoms with Crippen LogP contribution in [0.3, 0.4) is 0 Å². The molecule has 70 valence electrons. The van der Waals surface area contributed by atoms with Crippen LogP contribution < -0.4 is 0 Å². The van der Waals surface area contributed by atoms with Crippen LogP contribution in [0.15, 0.2) is 24.4 Å². The summed E-state index contributed by atoms with van der Waals surface area (Å²) in [4.78, 5) is 0. The minimum Gasteiger partial charge on any atom is -0.268 e. The maximum absolute atomic E-state index is 5.78. The highest BCUT2D eigenvalue weighted by atomic mass is 35.5. The number of nitrogens with zero attached hydrogens (tertiary/aromatic N) is 2. The molecule has 2 nitrogen and oxygen atoms in total. The molecule has 1 aromatic carbocycles. The summed E-state index contributed by atoms with van der Waals surface area (Å²) in [7, 11) is 1.93. The lowest BCUT2D eigenvalue weighted by Gasteiger charge is -1.97. The number of aromatic nitrogens is 2. The minimum absolute atomic E-state index is 0. The molecule has 0 aliphatic carbocycles. The number of benzene rings is 1. The van der Waals surface area contributed by atoms with E-state index in [1.165, 1.54) is 0 Å². The Morgan fingerprint density at radius 3 is 2.92 bits per heavy atom. The summed E-state index contributed by atoms with van der Waals surface area (Å²) in [6.45, 7) is 0. The second-order valence-electron chi connectivity index (χ2n) is 2.75. The van der Waals surface area contributed by atoms with Gasteiger partial charge in [0.1, 0.15) is 0 Å². The van der Waals surface area contributed by atoms with E-state index in [2.05, 4.69) is 5.10 Å². The number of hydrogen-bond donors (Lipinski definition) is 0. The van der Waals surface area contributed by atoms with E-state index in [0.29, 0.717) is 5.88 Å². The van der Waals surface area contributed by atoms with Crippen LogP contribution >= 0.6 is 24.0 Å². The third-order valence-electron chi connectivity index (χ3n) is 2.03. The average Bonchev–Trinajstić information content (AvgIpc) is 2.48. The molecule has 0 saturated heterocycles. The smallest absolute Gasteiger partial charge is 0.0682 e. The predicted octanol–water partition coefficient (Wildman–Crippen LogP) is 2.73. The van der Waals surface area contributed by atoms with Crippen LogP contribution in [0.5, 0.6) is 0 Å². The molecule has 13 heavy (non-hydrogen) atoms. The van der Waals surface area contributed by atoms with Gasteiger partial charge in [0.25, 0.3) is 0 Å². The second-order valence-corrected chi connectivity index (χ2v) is 3.02. The van der Waals surface area contributed by atoms with Gasteiger partial charge in [0.15, 0.2) is 0 Å². The molecule has 0 saturated carbocycles. The average molecular weight is 217 g/mol. The number of fused-ring (bicyclic) bond motifs is 1. The molecular formula is C9H10Cl2N2. The Morgan fingerprint density at radius 2 is 2.23 bits per heavy atom. The summed E-state index contributed by atoms with van der Waals surface area (Å²) in [5.41, 5.74) is 2.27. The SMILES string of the molecule is Cl.Cn1ncc2c(CCl)cccc21. The molecule has 0 N–H and O–H groups in total. The van der Waals surface area contributed by atoms with Crippen LogP contribution in [0.1, 0.15) is 5.56 Å². The van der Waals surface area contributed by atoms with Crippen LogP contribution in [0.2, 0.25) is 0 Å². The number of alkyl halides is 1. The highest BCUT2D eigenvalue weighted by Crippen LogP contribution is 2.18. The van der Waals surface area contributed by atoms with Crippen molar-refractivity contribution in [3.63, 3.8) is 0 Å². The summed E-state index contributed by atoms with van der Waals surface area (Å²) in [5.74, 6) is 0.545. The zero-order valence-electron chi connectivity index (χ0n) is 7.20. The third kappa shape index (κ3) is 1.64. The zero-order chi connectivity index (χ0) is 8.55. The van der Waals surface area contributed by atoms with Gasteiger partial charge in [0, 0.05) is 18.3 Å². The van der Waals surface area contributed by atoms with Gasteiger partial charge in [0.2, 0.25) is 0 Å². The van der Waals surface area contributed by atoms with Gasteiger partial charge < -0.3 is 0 Å². The molecule has 0 unspecified atom stereocenters. The van der Waals surface area contributed by atoms with Crippen LogP contribution in [-0.4, -0.2) is 9.78 Å². The standard InChI is InChI=1S/C9H9ClN2.ClH/c1-12-9-4-2-3-7(5-10)8(9)6-11-12;/h2-4,6H,5H2,1H3;1H. The van der Waals surface area contributed by atoms with Gasteiger partial charge in [-0.3, -0.25) is 4.68 Å². The maximum Gasteiger partial charge on any atom is 0.0682 e. The fraction of sp³-hybridized carbons (Fsp3) is 0.222. The Labute approximate surface area is 87.9 Å². The van der Waals surface area contributed by atoms with Crippen LogP contribution in [-0.2, 0) is 12.9 Å². The second kappa shape index (κ2) is 3.99. The zero-order valence-corrected chi connectivity index (χ0v) is 8.77. The lowest BCUT2D eigenvalue weighted by atomic mass is 10.1. The lowest BCUT2D eigenvalue weighted by Crippen LogP contribution is -1.88. The highest BCUT2D eigenvalue weighted by Gasteiger charge is 2.02. The van der Waals surface area contributed by atoms with Gasteiger partial charge in [-0.05, 0) is 11.6 Å². The van der Waals surface area contributed by atoms with Gasteiger partial charge in [-0.2, -0.15) is 5.10 Å². The molecule has 0 spiro atoms. The van der Waals surface area contributed by atoms with Crippen molar-refractivity contribution in [1.29, 1.82) is 0 Å². The van der Waals surface area contributed by atoms with Crippen molar-refractivity contribution < 1.29 is 0 Å². The minimum atomic E-state index is 0. The van der Waals surface area contributed by atoms with Crippen molar-refractivity contribution in [2.45, 2.75) is 5.88 Å². The normalized spacial score (nSPS) is 10.0. The van der Waals surface area contributed by atoms with E-state index < -0.39 is 0 Å². The van der Waals surface area contributed by atoms with Gasteiger partial charge in [0.05, 0.1) is 11.7 Å². The first kappa shape index (κ1) is 10.4. The quantitative estimate of drug-likeness (QED) is 0.671. The fourth-order valence-electron chi connectivity index (χ4n) is 1.35. The Hall–Kier alpha value is -0.730. The molecule has 2 aromatic rings. The monoisotopic (exact) mass is 216 g/mol. The summed E-state index contributed by atoms with van der Waals surface area (Å²) in [6.07, 6.45) is 1.85. The van der Waals surface area contributed by atoms with E-state index in [9.17, 15) is 0 Å². The number of halogens is 2. The first-order valence-corrected chi connectivity index (χ1v) is 4.32. The van der Waals surface area contributed by atoms with Crippen molar-refractivity contribution in [2.24, 2.45) is 7.05 Å². The molecule has 0 radical (unpaired) electrons. The van der Waals surface area contributed by atoms with Crippen LogP contribution in [0, 0.1) is 0 Å². The largest absolute Gasteiger partial charge is 0.268 e. The Morgan fingerprint density at radius 1 is 1.46 bits per heavy atom. The lowest BCUT2D eigenvalue weighted by molar-refractivity contribution is 0.797. The van der Waals surface area contributed by atoms with E-state index in [0.717, 1.165) is 16.5 Å². The van der Waals surface area contributed by atoms with Crippen molar-refractivity contribution in [3.8, 4) is 0 Å². The first-order valence-electron chi connectivity index (χ1n) is 3.78. The van der Waals surface area contributed by atoms with Crippen molar-refractivity contribution >= 4 is 34.9 Å². The van der Waals surface area contributed by atoms with Crippen molar-refractivity contribution in [1.82, 2.24) is 9.78 Å². The predicted molar refractivity (Wildman–Crippen MR) is 57.5 cm³/mol. The number of aryl methyl sites for hydroxylation is 1. The van der Waals surface area contributed by atoms with Gasteiger partial charge in [-0.1, -0.05) is 12.1 Å². The summed E-state index contributed by atoms with van der Waals surface area (Å²) in [5, 5.41) is 5.31. The fourth-order valence-corrected chi connectivity index (χ4v) is 1.59. The summed E-state index contributed by atoms with van der Waals surface area (Å²) in [6, 6.07) is 6.07. The van der Waals surface area contributed by atoms with Crippen molar-refractivity contribution in [2.75, 3.05) is 0 Å². The van der Waals surface area contributed by atoms with E-state index in [-0.39, 0.29) is 12.4 Å². The molecule has 0 amide bonds. The van der Waals surface area contributed by atoms with Crippen LogP contribution in [0.25, 0.3) is 10.9 Å². The molecule has 0 aliphatic heterocycles. The van der Waals surface area contributed by atoms with E-state index >= 15 is 0 Å². The molecule has 2 rings (SSSR count). The molecule has 0 fully saturated rings. The van der Waals surface area contributed by atoms with Crippen LogP contribution in [0.4, 0.5) is 0 Å². The highest BCUT2D eigenvalue weighted by molar-refractivity contribution is 6.18. The Bertz CT molecular complexity index is 409. The van der Waals surface area contributed by atoms with Gasteiger partial charge >= 0.3 is 0 Å². The topological polar surface area (TPSA) is 17.8 Å². The summed E-state index contributed by atoms with van der Waals surface area (Å²) >= 11 is 5.78. The number of hydrogen-bond acceptors (Lipinski definition) is 1. The first-order chi connectivity index (χ1) is 5.83. The molecule has 4 heteroatoms. The molecule has 1 heterocycles. The third-order valence-corrected chi connectivity index (χ3v) is 2.31. The molecule has 1 aromatic heterocycles. The summed E-state index contributed by atoms with van der Waals surface area (Å²) < 4.78 is 1.85. The Balaban J connectivity index is 0.000000845. The molecule has 0 bridgehead atoms. The van der Waals surface area contributed by atoms with Gasteiger partial charge in [-0.15, -0.1) is 24.0 Å². The Kier molecular flexibility index (Phi) is 3.17. The number of rotatable bonds is 1. The van der Waals surface area contributed by atoms with E-state index in [1.807, 2.05) is 36.1 Å². The molecule has 0 aliphatic rings. The molecule has 0 atom stereocenters. The van der Waals surface area contributed by atoms with Gasteiger partial charge in [-0.25, -0.2) is 0 Å². The van der Waals surface area contributed by atoms with E-state index in [1.54, 1.807) is 0 Å². The maximum atomic E-state index is 5.78. The van der Waals surface area contributed by atoms with E-state index in [4.69, 9.17) is 11.6 Å². The van der Waals surface area contributed by atoms with Crippen molar-refractivity contribution in [3.05, 3.63) is 30.0 Å². The molecular weight excluding hydrogens is 207 g/mol.